The third-order valence-corrected chi connectivity index (χ3v) is 3.83. The first-order valence-electron chi connectivity index (χ1n) is 8.36. The monoisotopic (exact) mass is 317 g/mol. The molecule has 23 heavy (non-hydrogen) atoms. The van der Waals surface area contributed by atoms with Gasteiger partial charge in [-0.3, -0.25) is 10.1 Å². The van der Waals surface area contributed by atoms with Crippen molar-refractivity contribution in [3.63, 3.8) is 0 Å². The summed E-state index contributed by atoms with van der Waals surface area (Å²) in [4.78, 5) is 19.2. The number of hydrogen-bond acceptors (Lipinski definition) is 4. The number of benzene rings is 1. The zero-order valence-corrected chi connectivity index (χ0v) is 14.3. The first-order valence-corrected chi connectivity index (χ1v) is 8.36. The van der Waals surface area contributed by atoms with Crippen LogP contribution < -0.4 is 5.32 Å². The fraction of sp³-hybridized carbons (Fsp3) is 0.556. The van der Waals surface area contributed by atoms with Gasteiger partial charge in [0.1, 0.15) is 0 Å². The molecule has 1 N–H and O–H groups in total. The van der Waals surface area contributed by atoms with Crippen LogP contribution in [0, 0.1) is 6.92 Å². The fourth-order valence-corrected chi connectivity index (χ4v) is 2.62. The molecule has 1 aromatic rings. The summed E-state index contributed by atoms with van der Waals surface area (Å²) in [6.45, 7) is 9.60. The van der Waals surface area contributed by atoms with E-state index in [1.54, 1.807) is 0 Å². The highest BCUT2D eigenvalue weighted by Gasteiger charge is 2.14. The van der Waals surface area contributed by atoms with Gasteiger partial charge >= 0.3 is 0 Å². The fourth-order valence-electron chi connectivity index (χ4n) is 2.62. The second-order valence-corrected chi connectivity index (χ2v) is 6.17. The maximum absolute atomic E-state index is 12.4. The molecule has 0 atom stereocenters. The van der Waals surface area contributed by atoms with Crippen molar-refractivity contribution in [3.8, 4) is 0 Å². The Hall–Kier alpha value is -1.88. The van der Waals surface area contributed by atoms with Gasteiger partial charge in [-0.05, 0) is 58.3 Å². The van der Waals surface area contributed by atoms with E-state index in [0.717, 1.165) is 25.2 Å². The molecule has 0 radical (unpaired) electrons. The van der Waals surface area contributed by atoms with Gasteiger partial charge in [0.15, 0.2) is 0 Å². The van der Waals surface area contributed by atoms with Gasteiger partial charge in [-0.1, -0.05) is 18.2 Å². The van der Waals surface area contributed by atoms with Crippen LogP contribution in [0.25, 0.3) is 0 Å². The second-order valence-electron chi connectivity index (χ2n) is 6.17. The van der Waals surface area contributed by atoms with Crippen molar-refractivity contribution in [2.75, 3.05) is 26.2 Å². The van der Waals surface area contributed by atoms with Gasteiger partial charge in [0.2, 0.25) is 0 Å². The summed E-state index contributed by atoms with van der Waals surface area (Å²) in [6, 6.07) is 7.81. The summed E-state index contributed by atoms with van der Waals surface area (Å²) < 4.78 is 5.65. The van der Waals surface area contributed by atoms with Crippen LogP contribution in [-0.4, -0.2) is 49.1 Å². The highest BCUT2D eigenvalue weighted by atomic mass is 16.5. The molecule has 0 unspecified atom stereocenters. The average Bonchev–Trinajstić information content (AvgIpc) is 3.00. The molecule has 1 aromatic carbocycles. The molecule has 126 valence electrons. The molecule has 0 aromatic heterocycles. The number of nitrogens with one attached hydrogen (secondary N) is 1. The van der Waals surface area contributed by atoms with E-state index in [1.807, 2.05) is 45.0 Å². The Morgan fingerprint density at radius 1 is 1.30 bits per heavy atom. The van der Waals surface area contributed by atoms with Gasteiger partial charge in [-0.2, -0.15) is 0 Å². The van der Waals surface area contributed by atoms with E-state index < -0.39 is 0 Å². The van der Waals surface area contributed by atoms with Gasteiger partial charge in [-0.25, -0.2) is 4.99 Å². The van der Waals surface area contributed by atoms with E-state index in [-0.39, 0.29) is 12.0 Å². The lowest BCUT2D eigenvalue weighted by Gasteiger charge is -2.16. The maximum atomic E-state index is 12.4. The number of likely N-dealkylation sites (tertiary alicyclic amines) is 1. The number of ether oxygens (including phenoxy) is 1. The molecule has 1 saturated heterocycles. The Morgan fingerprint density at radius 3 is 2.65 bits per heavy atom. The number of aliphatic imine (C=N–C) groups is 1. The van der Waals surface area contributed by atoms with E-state index >= 15 is 0 Å². The standard InChI is InChI=1S/C18H27N3O2/c1-14(2)23-18(19-10-13-21-11-6-7-12-21)20-17(22)16-9-5-4-8-15(16)3/h4-5,8-9,14H,6-7,10-13H2,1-3H3,(H,19,20,22). The summed E-state index contributed by atoms with van der Waals surface area (Å²) >= 11 is 0. The minimum absolute atomic E-state index is 0.0299. The molecule has 1 aliphatic heterocycles. The zero-order chi connectivity index (χ0) is 16.7. The summed E-state index contributed by atoms with van der Waals surface area (Å²) in [6.07, 6.45) is 2.50. The van der Waals surface area contributed by atoms with Crippen LogP contribution in [0.4, 0.5) is 0 Å². The van der Waals surface area contributed by atoms with Crippen LogP contribution in [0.15, 0.2) is 29.3 Å². The molecule has 0 spiro atoms. The molecule has 1 fully saturated rings. The number of hydrogen-bond donors (Lipinski definition) is 1. The molecule has 0 aliphatic carbocycles. The van der Waals surface area contributed by atoms with Gasteiger partial charge in [-0.15, -0.1) is 0 Å². The molecular formula is C18H27N3O2. The lowest BCUT2D eigenvalue weighted by atomic mass is 10.1. The first-order chi connectivity index (χ1) is 11.1. The Labute approximate surface area is 138 Å². The minimum Gasteiger partial charge on any atom is -0.462 e. The van der Waals surface area contributed by atoms with Crippen LogP contribution in [0.3, 0.4) is 0 Å². The minimum atomic E-state index is -0.177. The van der Waals surface area contributed by atoms with Crippen molar-refractivity contribution in [3.05, 3.63) is 35.4 Å². The topological polar surface area (TPSA) is 53.9 Å². The third kappa shape index (κ3) is 5.67. The molecule has 0 saturated carbocycles. The molecule has 5 heteroatoms. The second kappa shape index (κ2) is 8.67. The van der Waals surface area contributed by atoms with Gasteiger partial charge in [0, 0.05) is 12.1 Å². The Morgan fingerprint density at radius 2 is 2.00 bits per heavy atom. The molecule has 2 rings (SSSR count). The van der Waals surface area contributed by atoms with Gasteiger partial charge in [0.25, 0.3) is 11.9 Å². The van der Waals surface area contributed by atoms with Crippen molar-refractivity contribution in [2.24, 2.45) is 4.99 Å². The Kier molecular flexibility index (Phi) is 6.59. The number of amides is 1. The van der Waals surface area contributed by atoms with E-state index in [9.17, 15) is 4.79 Å². The predicted molar refractivity (Wildman–Crippen MR) is 92.8 cm³/mol. The molecule has 1 heterocycles. The number of amidine groups is 1. The van der Waals surface area contributed by atoms with Gasteiger partial charge < -0.3 is 9.64 Å². The van der Waals surface area contributed by atoms with Crippen molar-refractivity contribution in [1.82, 2.24) is 10.2 Å². The Bertz CT molecular complexity index is 549. The zero-order valence-electron chi connectivity index (χ0n) is 14.3. The van der Waals surface area contributed by atoms with E-state index in [2.05, 4.69) is 15.2 Å². The number of carbonyl (C=O) groups is 1. The third-order valence-electron chi connectivity index (χ3n) is 3.83. The average molecular weight is 317 g/mol. The quantitative estimate of drug-likeness (QED) is 0.671. The highest BCUT2D eigenvalue weighted by Crippen LogP contribution is 2.08. The van der Waals surface area contributed by atoms with Crippen LogP contribution in [-0.2, 0) is 4.74 Å². The SMILES string of the molecule is Cc1ccccc1C(=O)NC(=NCCN1CCCC1)OC(C)C. The number of rotatable bonds is 5. The van der Waals surface area contributed by atoms with Crippen LogP contribution >= 0.6 is 0 Å². The smallest absolute Gasteiger partial charge is 0.291 e. The number of aryl methyl sites for hydroxylation is 1. The van der Waals surface area contributed by atoms with E-state index in [4.69, 9.17) is 4.74 Å². The molecular weight excluding hydrogens is 290 g/mol. The Balaban J connectivity index is 1.96. The summed E-state index contributed by atoms with van der Waals surface area (Å²) in [5, 5.41) is 2.80. The van der Waals surface area contributed by atoms with Gasteiger partial charge in [0.05, 0.1) is 12.6 Å². The van der Waals surface area contributed by atoms with Crippen molar-refractivity contribution >= 4 is 11.9 Å². The van der Waals surface area contributed by atoms with Crippen molar-refractivity contribution in [1.29, 1.82) is 0 Å². The maximum Gasteiger partial charge on any atom is 0.291 e. The van der Waals surface area contributed by atoms with E-state index in [1.165, 1.54) is 12.8 Å². The van der Waals surface area contributed by atoms with Crippen LogP contribution in [0.1, 0.15) is 42.6 Å². The molecule has 5 nitrogen and oxygen atoms in total. The number of nitrogens with zero attached hydrogens (tertiary/aromatic N) is 2. The first kappa shape index (κ1) is 17.5. The highest BCUT2D eigenvalue weighted by molar-refractivity contribution is 6.04. The van der Waals surface area contributed by atoms with Crippen LogP contribution in [0.5, 0.6) is 0 Å². The van der Waals surface area contributed by atoms with Crippen molar-refractivity contribution in [2.45, 2.75) is 39.7 Å². The summed E-state index contributed by atoms with van der Waals surface area (Å²) in [5.41, 5.74) is 1.58. The number of carbonyl (C=O) groups excluding carboxylic acids is 1. The molecule has 1 aliphatic rings. The predicted octanol–water partition coefficient (Wildman–Crippen LogP) is 2.60. The van der Waals surface area contributed by atoms with E-state index in [0.29, 0.717) is 18.1 Å². The molecule has 0 bridgehead atoms. The molecule has 1 amide bonds. The largest absolute Gasteiger partial charge is 0.462 e. The normalized spacial score (nSPS) is 15.9. The van der Waals surface area contributed by atoms with Crippen LogP contribution in [0.2, 0.25) is 0 Å². The lowest BCUT2D eigenvalue weighted by Crippen LogP contribution is -2.35. The summed E-state index contributed by atoms with van der Waals surface area (Å²) in [7, 11) is 0. The lowest BCUT2D eigenvalue weighted by molar-refractivity contribution is 0.0959. The summed E-state index contributed by atoms with van der Waals surface area (Å²) in [5.74, 6) is -0.177. The van der Waals surface area contributed by atoms with Crippen molar-refractivity contribution < 1.29 is 9.53 Å².